The monoisotopic (exact) mass is 194 g/mol. The summed E-state index contributed by atoms with van der Waals surface area (Å²) in [5.74, 6) is 0. The van der Waals surface area contributed by atoms with Crippen LogP contribution in [0, 0.1) is 0 Å². The van der Waals surface area contributed by atoms with Gasteiger partial charge in [-0.05, 0) is 32.9 Å². The molecule has 1 saturated heterocycles. The van der Waals surface area contributed by atoms with E-state index in [1.54, 1.807) is 0 Å². The lowest BCUT2D eigenvalue weighted by atomic mass is 10.1. The van der Waals surface area contributed by atoms with E-state index in [1.165, 1.54) is 0 Å². The van der Waals surface area contributed by atoms with Gasteiger partial charge in [0.25, 0.3) is 0 Å². The lowest BCUT2D eigenvalue weighted by Crippen LogP contribution is -2.23. The maximum absolute atomic E-state index is 5.64. The van der Waals surface area contributed by atoms with Crippen molar-refractivity contribution in [2.45, 2.75) is 32.5 Å². The highest BCUT2D eigenvalue weighted by atomic mass is 16.6. The van der Waals surface area contributed by atoms with E-state index in [-0.39, 0.29) is 5.60 Å². The molecular formula is C12H18O2. The molecule has 0 spiro atoms. The van der Waals surface area contributed by atoms with Gasteiger partial charge in [0.2, 0.25) is 0 Å². The molecule has 2 heteroatoms. The van der Waals surface area contributed by atoms with Gasteiger partial charge >= 0.3 is 0 Å². The van der Waals surface area contributed by atoms with Crippen LogP contribution in [-0.4, -0.2) is 24.9 Å². The zero-order chi connectivity index (χ0) is 10.6. The smallest absolute Gasteiger partial charge is 0.104 e. The van der Waals surface area contributed by atoms with E-state index in [4.69, 9.17) is 9.47 Å². The second-order valence-corrected chi connectivity index (χ2v) is 4.17. The number of ether oxygens (including phenoxy) is 2. The molecule has 0 aromatic heterocycles. The first-order valence-corrected chi connectivity index (χ1v) is 4.84. The Hall–Kier alpha value is -0.820. The van der Waals surface area contributed by atoms with Crippen LogP contribution in [0.3, 0.4) is 0 Å². The number of allylic oxidation sites excluding steroid dienone is 1. The van der Waals surface area contributed by atoms with E-state index in [0.29, 0.717) is 12.7 Å². The van der Waals surface area contributed by atoms with Crippen molar-refractivity contribution in [3.63, 3.8) is 0 Å². The molecule has 0 aliphatic carbocycles. The molecular weight excluding hydrogens is 176 g/mol. The summed E-state index contributed by atoms with van der Waals surface area (Å²) in [6.45, 7) is 11.2. The molecule has 0 N–H and O–H groups in total. The minimum atomic E-state index is -0.280. The SMILES string of the molecule is C=C(C)C=C=CC(C)(C)OC[C@@H]1CO1. The zero-order valence-corrected chi connectivity index (χ0v) is 9.17. The quantitative estimate of drug-likeness (QED) is 0.381. The predicted octanol–water partition coefficient (Wildman–Crippen LogP) is 2.47. The van der Waals surface area contributed by atoms with Gasteiger partial charge in [-0.15, -0.1) is 5.73 Å². The fourth-order valence-corrected chi connectivity index (χ4v) is 0.898. The summed E-state index contributed by atoms with van der Waals surface area (Å²) in [7, 11) is 0. The molecule has 0 radical (unpaired) electrons. The summed E-state index contributed by atoms with van der Waals surface area (Å²) in [5.41, 5.74) is 3.76. The molecule has 1 aliphatic rings. The van der Waals surface area contributed by atoms with Gasteiger partial charge in [0.15, 0.2) is 0 Å². The van der Waals surface area contributed by atoms with E-state index in [9.17, 15) is 0 Å². The highest BCUT2D eigenvalue weighted by molar-refractivity contribution is 5.12. The van der Waals surface area contributed by atoms with Crippen molar-refractivity contribution in [3.8, 4) is 0 Å². The van der Waals surface area contributed by atoms with Crippen LogP contribution in [0.5, 0.6) is 0 Å². The van der Waals surface area contributed by atoms with Crippen LogP contribution >= 0.6 is 0 Å². The molecule has 1 heterocycles. The van der Waals surface area contributed by atoms with Crippen LogP contribution in [0.1, 0.15) is 20.8 Å². The number of hydrogen-bond acceptors (Lipinski definition) is 2. The van der Waals surface area contributed by atoms with E-state index in [0.717, 1.165) is 12.2 Å². The van der Waals surface area contributed by atoms with Gasteiger partial charge in [-0.25, -0.2) is 0 Å². The van der Waals surface area contributed by atoms with Crippen molar-refractivity contribution in [1.29, 1.82) is 0 Å². The predicted molar refractivity (Wildman–Crippen MR) is 57.2 cm³/mol. The molecule has 0 bridgehead atoms. The molecule has 1 fully saturated rings. The fraction of sp³-hybridized carbons (Fsp3) is 0.583. The molecule has 0 amide bonds. The van der Waals surface area contributed by atoms with Crippen LogP contribution in [-0.2, 0) is 9.47 Å². The molecule has 1 aliphatic heterocycles. The Kier molecular flexibility index (Phi) is 3.70. The third-order valence-electron chi connectivity index (χ3n) is 1.80. The van der Waals surface area contributed by atoms with Gasteiger partial charge in [-0.3, -0.25) is 0 Å². The van der Waals surface area contributed by atoms with Crippen LogP contribution in [0.4, 0.5) is 0 Å². The van der Waals surface area contributed by atoms with Crippen molar-refractivity contribution in [1.82, 2.24) is 0 Å². The Morgan fingerprint density at radius 3 is 2.86 bits per heavy atom. The maximum atomic E-state index is 5.64. The molecule has 78 valence electrons. The average molecular weight is 194 g/mol. The third kappa shape index (κ3) is 5.03. The Labute approximate surface area is 85.9 Å². The second kappa shape index (κ2) is 4.61. The summed E-state index contributed by atoms with van der Waals surface area (Å²) < 4.78 is 10.7. The Morgan fingerprint density at radius 2 is 2.36 bits per heavy atom. The molecule has 0 aromatic carbocycles. The normalized spacial score (nSPS) is 19.8. The van der Waals surface area contributed by atoms with Gasteiger partial charge in [-0.2, -0.15) is 0 Å². The van der Waals surface area contributed by atoms with Gasteiger partial charge in [0.05, 0.1) is 18.8 Å². The third-order valence-corrected chi connectivity index (χ3v) is 1.80. The molecule has 0 aromatic rings. The number of hydrogen-bond donors (Lipinski definition) is 0. The van der Waals surface area contributed by atoms with Gasteiger partial charge in [-0.1, -0.05) is 12.2 Å². The summed E-state index contributed by atoms with van der Waals surface area (Å²) in [6, 6.07) is 0. The highest BCUT2D eigenvalue weighted by Crippen LogP contribution is 2.16. The lowest BCUT2D eigenvalue weighted by Gasteiger charge is -2.19. The highest BCUT2D eigenvalue weighted by Gasteiger charge is 2.25. The second-order valence-electron chi connectivity index (χ2n) is 4.17. The molecule has 14 heavy (non-hydrogen) atoms. The first kappa shape index (κ1) is 11.3. The van der Waals surface area contributed by atoms with Crippen molar-refractivity contribution in [2.75, 3.05) is 13.2 Å². The summed E-state index contributed by atoms with van der Waals surface area (Å²) >= 11 is 0. The summed E-state index contributed by atoms with van der Waals surface area (Å²) in [6.07, 6.45) is 4.07. The van der Waals surface area contributed by atoms with E-state index in [1.807, 2.05) is 32.9 Å². The van der Waals surface area contributed by atoms with Crippen LogP contribution < -0.4 is 0 Å². The van der Waals surface area contributed by atoms with Crippen LogP contribution in [0.15, 0.2) is 30.0 Å². The van der Waals surface area contributed by atoms with Crippen molar-refractivity contribution < 1.29 is 9.47 Å². The summed E-state index contributed by atoms with van der Waals surface area (Å²) in [5, 5.41) is 0. The van der Waals surface area contributed by atoms with Crippen LogP contribution in [0.25, 0.3) is 0 Å². The molecule has 1 rings (SSSR count). The van der Waals surface area contributed by atoms with Gasteiger partial charge in [0, 0.05) is 0 Å². The zero-order valence-electron chi connectivity index (χ0n) is 9.17. The minimum Gasteiger partial charge on any atom is -0.371 e. The molecule has 0 saturated carbocycles. The Morgan fingerprint density at radius 1 is 1.71 bits per heavy atom. The van der Waals surface area contributed by atoms with Gasteiger partial charge in [0.1, 0.15) is 6.10 Å². The largest absolute Gasteiger partial charge is 0.371 e. The average Bonchev–Trinajstić information content (AvgIpc) is 2.82. The number of rotatable bonds is 5. The number of epoxide rings is 1. The maximum Gasteiger partial charge on any atom is 0.104 e. The standard InChI is InChI=1S/C12H18O2/c1-10(2)6-5-7-12(3,4)14-9-11-8-13-11/h6-7,11H,1,8-9H2,2-4H3/t5?,11-/m0/s1. The molecule has 0 unspecified atom stereocenters. The van der Waals surface area contributed by atoms with Crippen molar-refractivity contribution in [2.24, 2.45) is 0 Å². The van der Waals surface area contributed by atoms with E-state index >= 15 is 0 Å². The van der Waals surface area contributed by atoms with E-state index < -0.39 is 0 Å². The van der Waals surface area contributed by atoms with Crippen LogP contribution in [0.2, 0.25) is 0 Å². The summed E-state index contributed by atoms with van der Waals surface area (Å²) in [4.78, 5) is 0. The molecule has 2 nitrogen and oxygen atoms in total. The minimum absolute atomic E-state index is 0.280. The van der Waals surface area contributed by atoms with E-state index in [2.05, 4.69) is 12.3 Å². The van der Waals surface area contributed by atoms with Gasteiger partial charge < -0.3 is 9.47 Å². The fourth-order valence-electron chi connectivity index (χ4n) is 0.898. The topological polar surface area (TPSA) is 21.8 Å². The Bertz CT molecular complexity index is 266. The first-order valence-electron chi connectivity index (χ1n) is 4.84. The van der Waals surface area contributed by atoms with Crippen molar-refractivity contribution >= 4 is 0 Å². The van der Waals surface area contributed by atoms with Crippen molar-refractivity contribution in [3.05, 3.63) is 30.0 Å². The molecule has 1 atom stereocenters. The lowest BCUT2D eigenvalue weighted by molar-refractivity contribution is 0.0110. The first-order chi connectivity index (χ1) is 6.49. The Balaban J connectivity index is 2.37.